The van der Waals surface area contributed by atoms with E-state index < -0.39 is 11.5 Å². The van der Waals surface area contributed by atoms with Crippen LogP contribution >= 0.6 is 11.3 Å². The summed E-state index contributed by atoms with van der Waals surface area (Å²) in [6.07, 6.45) is 0.538. The SMILES string of the molecule is CCC(O)(CC)C(=O)NN(C(=O)c1cccs1)c1ccccc1. The van der Waals surface area contributed by atoms with Crippen molar-refractivity contribution in [1.29, 1.82) is 0 Å². The fourth-order valence-electron chi connectivity index (χ4n) is 2.10. The van der Waals surface area contributed by atoms with Crippen LogP contribution < -0.4 is 10.4 Å². The number of carbonyl (C=O) groups excluding carboxylic acids is 2. The molecule has 0 spiro atoms. The Bertz CT molecular complexity index is 652. The van der Waals surface area contributed by atoms with Gasteiger partial charge in [0.1, 0.15) is 5.60 Å². The zero-order valence-electron chi connectivity index (χ0n) is 13.2. The van der Waals surface area contributed by atoms with E-state index >= 15 is 0 Å². The maximum atomic E-state index is 12.7. The second-order valence-electron chi connectivity index (χ2n) is 5.13. The largest absolute Gasteiger partial charge is 0.380 e. The maximum Gasteiger partial charge on any atom is 0.287 e. The summed E-state index contributed by atoms with van der Waals surface area (Å²) in [6.45, 7) is 3.47. The number of carbonyl (C=O) groups is 2. The molecule has 0 atom stereocenters. The molecule has 2 rings (SSSR count). The first kappa shape index (κ1) is 17.2. The van der Waals surface area contributed by atoms with E-state index in [2.05, 4.69) is 5.43 Å². The van der Waals surface area contributed by atoms with Crippen molar-refractivity contribution in [3.63, 3.8) is 0 Å². The van der Waals surface area contributed by atoms with E-state index in [1.54, 1.807) is 55.6 Å². The monoisotopic (exact) mass is 332 g/mol. The third-order valence-electron chi connectivity index (χ3n) is 3.76. The minimum atomic E-state index is -1.50. The van der Waals surface area contributed by atoms with E-state index in [1.807, 2.05) is 6.07 Å². The quantitative estimate of drug-likeness (QED) is 0.827. The molecule has 122 valence electrons. The van der Waals surface area contributed by atoms with E-state index in [4.69, 9.17) is 0 Å². The van der Waals surface area contributed by atoms with Gasteiger partial charge in [-0.15, -0.1) is 11.3 Å². The van der Waals surface area contributed by atoms with Gasteiger partial charge in [0, 0.05) is 0 Å². The third kappa shape index (κ3) is 3.78. The minimum absolute atomic E-state index is 0.269. The number of thiophene rings is 1. The van der Waals surface area contributed by atoms with Crippen molar-refractivity contribution in [3.8, 4) is 0 Å². The summed E-state index contributed by atoms with van der Waals surface area (Å²) in [6, 6.07) is 12.3. The average Bonchev–Trinajstić information content (AvgIpc) is 3.13. The van der Waals surface area contributed by atoms with E-state index in [0.29, 0.717) is 10.6 Å². The van der Waals surface area contributed by atoms with Gasteiger partial charge in [0.25, 0.3) is 11.8 Å². The van der Waals surface area contributed by atoms with Gasteiger partial charge in [0.2, 0.25) is 0 Å². The highest BCUT2D eigenvalue weighted by Gasteiger charge is 2.34. The van der Waals surface area contributed by atoms with Crippen LogP contribution in [0.3, 0.4) is 0 Å². The second-order valence-corrected chi connectivity index (χ2v) is 6.08. The van der Waals surface area contributed by atoms with Crippen LogP contribution in [0.25, 0.3) is 0 Å². The smallest absolute Gasteiger partial charge is 0.287 e. The molecular formula is C17H20N2O3S. The lowest BCUT2D eigenvalue weighted by Gasteiger charge is -2.29. The molecule has 6 heteroatoms. The van der Waals surface area contributed by atoms with Gasteiger partial charge in [0.15, 0.2) is 0 Å². The van der Waals surface area contributed by atoms with Crippen molar-refractivity contribution in [1.82, 2.24) is 5.43 Å². The van der Waals surface area contributed by atoms with Crippen LogP contribution in [-0.4, -0.2) is 22.5 Å². The molecule has 1 aromatic carbocycles. The number of rotatable bonds is 5. The van der Waals surface area contributed by atoms with Gasteiger partial charge in [-0.2, -0.15) is 0 Å². The summed E-state index contributed by atoms with van der Waals surface area (Å²) in [5, 5.41) is 13.3. The van der Waals surface area contributed by atoms with E-state index in [-0.39, 0.29) is 18.7 Å². The number of aliphatic hydroxyl groups is 1. The summed E-state index contributed by atoms with van der Waals surface area (Å²) in [5.74, 6) is -0.926. The van der Waals surface area contributed by atoms with Crippen molar-refractivity contribution < 1.29 is 14.7 Å². The van der Waals surface area contributed by atoms with Crippen LogP contribution in [0.1, 0.15) is 36.4 Å². The predicted molar refractivity (Wildman–Crippen MR) is 91.2 cm³/mol. The number of para-hydroxylation sites is 1. The van der Waals surface area contributed by atoms with Gasteiger partial charge >= 0.3 is 0 Å². The number of benzene rings is 1. The van der Waals surface area contributed by atoms with E-state index in [1.165, 1.54) is 16.3 Å². The molecule has 1 aromatic heterocycles. The molecule has 0 fully saturated rings. The first-order chi connectivity index (χ1) is 11.0. The molecule has 2 amide bonds. The lowest BCUT2D eigenvalue weighted by molar-refractivity contribution is -0.140. The van der Waals surface area contributed by atoms with Gasteiger partial charge in [-0.25, -0.2) is 5.01 Å². The molecule has 1 heterocycles. The summed E-state index contributed by atoms with van der Waals surface area (Å²) in [7, 11) is 0. The highest BCUT2D eigenvalue weighted by Crippen LogP contribution is 2.20. The average molecular weight is 332 g/mol. The zero-order valence-corrected chi connectivity index (χ0v) is 14.0. The van der Waals surface area contributed by atoms with Crippen LogP contribution in [0.2, 0.25) is 0 Å². The number of hydrogen-bond acceptors (Lipinski definition) is 4. The van der Waals surface area contributed by atoms with Crippen LogP contribution in [0.5, 0.6) is 0 Å². The van der Waals surface area contributed by atoms with Crippen LogP contribution in [-0.2, 0) is 4.79 Å². The Kier molecular flexibility index (Phi) is 5.52. The van der Waals surface area contributed by atoms with Crippen LogP contribution in [0.15, 0.2) is 47.8 Å². The molecule has 5 nitrogen and oxygen atoms in total. The summed E-state index contributed by atoms with van der Waals surface area (Å²) in [5.41, 5.74) is 1.60. The maximum absolute atomic E-state index is 12.7. The Morgan fingerprint density at radius 1 is 1.13 bits per heavy atom. The minimum Gasteiger partial charge on any atom is -0.380 e. The number of nitrogens with one attached hydrogen (secondary N) is 1. The number of hydrazine groups is 1. The molecular weight excluding hydrogens is 312 g/mol. The number of nitrogens with zero attached hydrogens (tertiary/aromatic N) is 1. The summed E-state index contributed by atoms with van der Waals surface area (Å²) < 4.78 is 0. The normalized spacial score (nSPS) is 11.1. The lowest BCUT2D eigenvalue weighted by atomic mass is 9.97. The Morgan fingerprint density at radius 2 is 1.78 bits per heavy atom. The standard InChI is InChI=1S/C17H20N2O3S/c1-3-17(22,4-2)16(21)18-19(13-9-6-5-7-10-13)15(20)14-11-8-12-23-14/h5-12,22H,3-4H2,1-2H3,(H,18,21). The predicted octanol–water partition coefficient (Wildman–Crippen LogP) is 2.98. The third-order valence-corrected chi connectivity index (χ3v) is 4.61. The molecule has 0 radical (unpaired) electrons. The van der Waals surface area contributed by atoms with Crippen LogP contribution in [0, 0.1) is 0 Å². The van der Waals surface area contributed by atoms with Gasteiger partial charge in [-0.3, -0.25) is 15.0 Å². The topological polar surface area (TPSA) is 69.6 Å². The van der Waals surface area contributed by atoms with Crippen molar-refractivity contribution in [3.05, 3.63) is 52.7 Å². The molecule has 23 heavy (non-hydrogen) atoms. The Hall–Kier alpha value is -2.18. The van der Waals surface area contributed by atoms with Crippen molar-refractivity contribution >= 4 is 28.8 Å². The number of anilines is 1. The van der Waals surface area contributed by atoms with Gasteiger partial charge < -0.3 is 5.11 Å². The highest BCUT2D eigenvalue weighted by atomic mass is 32.1. The first-order valence-corrected chi connectivity index (χ1v) is 8.36. The Morgan fingerprint density at radius 3 is 2.30 bits per heavy atom. The molecule has 2 N–H and O–H groups in total. The molecule has 2 aromatic rings. The molecule has 0 saturated carbocycles. The molecule has 0 aliphatic heterocycles. The zero-order chi connectivity index (χ0) is 16.9. The Labute approximate surface area is 139 Å². The van der Waals surface area contributed by atoms with Gasteiger partial charge in [-0.1, -0.05) is 38.1 Å². The second kappa shape index (κ2) is 7.39. The molecule has 0 bridgehead atoms. The van der Waals surface area contributed by atoms with Crippen molar-refractivity contribution in [2.24, 2.45) is 0 Å². The Balaban J connectivity index is 2.32. The lowest BCUT2D eigenvalue weighted by Crippen LogP contribution is -2.55. The fraction of sp³-hybridized carbons (Fsp3) is 0.294. The molecule has 0 saturated heterocycles. The molecule has 0 unspecified atom stereocenters. The number of hydrogen-bond donors (Lipinski definition) is 2. The molecule has 0 aliphatic rings. The number of amides is 2. The van der Waals surface area contributed by atoms with Gasteiger partial charge in [-0.05, 0) is 36.4 Å². The highest BCUT2D eigenvalue weighted by molar-refractivity contribution is 7.12. The fourth-order valence-corrected chi connectivity index (χ4v) is 2.75. The summed E-state index contributed by atoms with van der Waals surface area (Å²) in [4.78, 5) is 25.6. The van der Waals surface area contributed by atoms with Crippen LogP contribution in [0.4, 0.5) is 5.69 Å². The van der Waals surface area contributed by atoms with E-state index in [9.17, 15) is 14.7 Å². The van der Waals surface area contributed by atoms with E-state index in [0.717, 1.165) is 0 Å². The first-order valence-electron chi connectivity index (χ1n) is 7.48. The van der Waals surface area contributed by atoms with Crippen molar-refractivity contribution in [2.45, 2.75) is 32.3 Å². The van der Waals surface area contributed by atoms with Crippen molar-refractivity contribution in [2.75, 3.05) is 5.01 Å². The molecule has 0 aliphatic carbocycles. The van der Waals surface area contributed by atoms with Gasteiger partial charge in [0.05, 0.1) is 10.6 Å². The summed E-state index contributed by atoms with van der Waals surface area (Å²) >= 11 is 1.30.